The van der Waals surface area contributed by atoms with Crippen molar-refractivity contribution >= 4 is 0 Å². The van der Waals surface area contributed by atoms with Gasteiger partial charge < -0.3 is 5.32 Å². The summed E-state index contributed by atoms with van der Waals surface area (Å²) in [5, 5.41) is 3.71. The zero-order valence-corrected chi connectivity index (χ0v) is 9.78. The van der Waals surface area contributed by atoms with E-state index in [0.717, 1.165) is 13.1 Å². The van der Waals surface area contributed by atoms with Gasteiger partial charge in [0.15, 0.2) is 0 Å². The molecule has 1 aliphatic carbocycles. The van der Waals surface area contributed by atoms with Gasteiger partial charge in [0.1, 0.15) is 0 Å². The number of hydrogen-bond acceptors (Lipinski definition) is 2. The normalized spacial score (nSPS) is 24.2. The molecule has 2 heteroatoms. The van der Waals surface area contributed by atoms with E-state index in [4.69, 9.17) is 0 Å². The molecule has 0 radical (unpaired) electrons. The number of rotatable bonds is 2. The molecular weight excluding hydrogens is 196 g/mol. The van der Waals surface area contributed by atoms with Gasteiger partial charge in [0.05, 0.1) is 0 Å². The van der Waals surface area contributed by atoms with Crippen LogP contribution in [0.2, 0.25) is 0 Å². The number of piperazine rings is 1. The lowest BCUT2D eigenvalue weighted by molar-refractivity contribution is 0.0668. The van der Waals surface area contributed by atoms with Crippen LogP contribution in [0, 0.1) is 0 Å². The second-order valence-electron chi connectivity index (χ2n) is 5.26. The summed E-state index contributed by atoms with van der Waals surface area (Å²) < 4.78 is 0. The van der Waals surface area contributed by atoms with Gasteiger partial charge >= 0.3 is 0 Å². The van der Waals surface area contributed by atoms with Gasteiger partial charge in [-0.15, -0.1) is 0 Å². The minimum Gasteiger partial charge on any atom is -0.309 e. The molecule has 1 aromatic rings. The van der Waals surface area contributed by atoms with Crippen LogP contribution in [0.1, 0.15) is 24.8 Å². The average Bonchev–Trinajstić information content (AvgIpc) is 2.29. The molecule has 16 heavy (non-hydrogen) atoms. The first kappa shape index (κ1) is 10.3. The number of nitrogens with one attached hydrogen (secondary N) is 1. The highest BCUT2D eigenvalue weighted by Crippen LogP contribution is 2.34. The largest absolute Gasteiger partial charge is 0.309 e. The van der Waals surface area contributed by atoms with E-state index in [9.17, 15) is 0 Å². The SMILES string of the molecule is c1ccc(CN2CCNC3(CCC3)C2)cc1. The molecule has 1 aliphatic heterocycles. The van der Waals surface area contributed by atoms with Crippen molar-refractivity contribution in [3.63, 3.8) is 0 Å². The summed E-state index contributed by atoms with van der Waals surface area (Å²) in [5.74, 6) is 0. The minimum absolute atomic E-state index is 0.479. The van der Waals surface area contributed by atoms with E-state index in [-0.39, 0.29) is 0 Å². The van der Waals surface area contributed by atoms with Crippen molar-refractivity contribution in [1.82, 2.24) is 10.2 Å². The van der Waals surface area contributed by atoms with Gasteiger partial charge in [0, 0.05) is 31.7 Å². The van der Waals surface area contributed by atoms with Crippen molar-refractivity contribution < 1.29 is 0 Å². The Hall–Kier alpha value is -0.860. The van der Waals surface area contributed by atoms with E-state index >= 15 is 0 Å². The van der Waals surface area contributed by atoms with Crippen LogP contribution in [0.3, 0.4) is 0 Å². The topological polar surface area (TPSA) is 15.3 Å². The van der Waals surface area contributed by atoms with Gasteiger partial charge in [-0.25, -0.2) is 0 Å². The summed E-state index contributed by atoms with van der Waals surface area (Å²) in [6.07, 6.45) is 4.16. The van der Waals surface area contributed by atoms with E-state index in [1.165, 1.54) is 37.9 Å². The van der Waals surface area contributed by atoms with Crippen molar-refractivity contribution in [1.29, 1.82) is 0 Å². The van der Waals surface area contributed by atoms with Crippen LogP contribution >= 0.6 is 0 Å². The molecule has 2 fully saturated rings. The third kappa shape index (κ3) is 2.00. The number of nitrogens with zero attached hydrogens (tertiary/aromatic N) is 1. The second kappa shape index (κ2) is 4.19. The first-order valence-corrected chi connectivity index (χ1v) is 6.38. The molecule has 1 saturated carbocycles. The van der Waals surface area contributed by atoms with Crippen LogP contribution in [0.15, 0.2) is 30.3 Å². The highest BCUT2D eigenvalue weighted by Gasteiger charge is 2.39. The molecule has 0 amide bonds. The highest BCUT2D eigenvalue weighted by atomic mass is 15.2. The van der Waals surface area contributed by atoms with Gasteiger partial charge in [-0.2, -0.15) is 0 Å². The van der Waals surface area contributed by atoms with Crippen molar-refractivity contribution in [2.24, 2.45) is 0 Å². The van der Waals surface area contributed by atoms with Crippen molar-refractivity contribution in [3.8, 4) is 0 Å². The molecule has 1 N–H and O–H groups in total. The van der Waals surface area contributed by atoms with Gasteiger partial charge in [0.2, 0.25) is 0 Å². The molecule has 2 nitrogen and oxygen atoms in total. The monoisotopic (exact) mass is 216 g/mol. The first-order valence-electron chi connectivity index (χ1n) is 6.38. The Bertz CT molecular complexity index is 343. The lowest BCUT2D eigenvalue weighted by Crippen LogP contribution is -2.63. The fraction of sp³-hybridized carbons (Fsp3) is 0.571. The number of benzene rings is 1. The maximum atomic E-state index is 3.71. The molecule has 0 aromatic heterocycles. The Labute approximate surface area is 97.6 Å². The van der Waals surface area contributed by atoms with Crippen molar-refractivity contribution in [3.05, 3.63) is 35.9 Å². The van der Waals surface area contributed by atoms with Gasteiger partial charge in [0.25, 0.3) is 0 Å². The first-order chi connectivity index (χ1) is 7.86. The van der Waals surface area contributed by atoms with Crippen molar-refractivity contribution in [2.75, 3.05) is 19.6 Å². The van der Waals surface area contributed by atoms with Crippen LogP contribution in [0.25, 0.3) is 0 Å². The van der Waals surface area contributed by atoms with Crippen LogP contribution in [-0.4, -0.2) is 30.1 Å². The maximum absolute atomic E-state index is 3.71. The lowest BCUT2D eigenvalue weighted by atomic mass is 9.75. The molecular formula is C14H20N2. The maximum Gasteiger partial charge on any atom is 0.0309 e. The van der Waals surface area contributed by atoms with E-state index in [1.54, 1.807) is 0 Å². The lowest BCUT2D eigenvalue weighted by Gasteiger charge is -2.49. The zero-order valence-electron chi connectivity index (χ0n) is 9.78. The van der Waals surface area contributed by atoms with Crippen LogP contribution < -0.4 is 5.32 Å². The average molecular weight is 216 g/mol. The summed E-state index contributed by atoms with van der Waals surface area (Å²) >= 11 is 0. The van der Waals surface area contributed by atoms with Crippen LogP contribution in [0.5, 0.6) is 0 Å². The Balaban J connectivity index is 1.63. The molecule has 1 aromatic carbocycles. The Morgan fingerprint density at radius 3 is 2.69 bits per heavy atom. The summed E-state index contributed by atoms with van der Waals surface area (Å²) in [7, 11) is 0. The van der Waals surface area contributed by atoms with Crippen LogP contribution in [-0.2, 0) is 6.54 Å². The third-order valence-corrected chi connectivity index (χ3v) is 4.01. The quantitative estimate of drug-likeness (QED) is 0.813. The number of hydrogen-bond donors (Lipinski definition) is 1. The molecule has 0 unspecified atom stereocenters. The van der Waals surface area contributed by atoms with Gasteiger partial charge in [-0.1, -0.05) is 30.3 Å². The summed E-state index contributed by atoms with van der Waals surface area (Å²) in [4.78, 5) is 2.60. The fourth-order valence-electron chi connectivity index (χ4n) is 2.96. The molecule has 3 rings (SSSR count). The van der Waals surface area contributed by atoms with Gasteiger partial charge in [-0.3, -0.25) is 4.90 Å². The Kier molecular flexibility index (Phi) is 2.70. The second-order valence-corrected chi connectivity index (χ2v) is 5.26. The molecule has 1 heterocycles. The molecule has 0 atom stereocenters. The predicted molar refractivity (Wildman–Crippen MR) is 66.3 cm³/mol. The van der Waals surface area contributed by atoms with Gasteiger partial charge in [-0.05, 0) is 24.8 Å². The minimum atomic E-state index is 0.479. The Morgan fingerprint density at radius 1 is 1.19 bits per heavy atom. The van der Waals surface area contributed by atoms with Crippen LogP contribution in [0.4, 0.5) is 0 Å². The molecule has 1 spiro atoms. The molecule has 0 bridgehead atoms. The van der Waals surface area contributed by atoms with E-state index in [2.05, 4.69) is 40.5 Å². The highest BCUT2D eigenvalue weighted by molar-refractivity contribution is 5.15. The predicted octanol–water partition coefficient (Wildman–Crippen LogP) is 2.01. The zero-order chi connectivity index (χ0) is 10.8. The summed E-state index contributed by atoms with van der Waals surface area (Å²) in [6.45, 7) is 4.70. The Morgan fingerprint density at radius 2 is 2.00 bits per heavy atom. The smallest absolute Gasteiger partial charge is 0.0309 e. The standard InChI is InChI=1S/C14H20N2/c1-2-5-13(6-3-1)11-16-10-9-15-14(12-16)7-4-8-14/h1-3,5-6,15H,4,7-12H2. The third-order valence-electron chi connectivity index (χ3n) is 4.01. The molecule has 2 aliphatic rings. The summed E-state index contributed by atoms with van der Waals surface area (Å²) in [5.41, 5.74) is 1.92. The molecule has 1 saturated heterocycles. The summed E-state index contributed by atoms with van der Waals surface area (Å²) in [6, 6.07) is 10.8. The molecule has 86 valence electrons. The fourth-order valence-corrected chi connectivity index (χ4v) is 2.96. The van der Waals surface area contributed by atoms with E-state index in [1.807, 2.05) is 0 Å². The van der Waals surface area contributed by atoms with Crippen molar-refractivity contribution in [2.45, 2.75) is 31.3 Å². The van der Waals surface area contributed by atoms with E-state index in [0.29, 0.717) is 5.54 Å². The van der Waals surface area contributed by atoms with E-state index < -0.39 is 0 Å².